The Morgan fingerprint density at radius 1 is 1.12 bits per heavy atom. The molecule has 26 heavy (non-hydrogen) atoms. The maximum absolute atomic E-state index is 13.1. The summed E-state index contributed by atoms with van der Waals surface area (Å²) in [4.78, 5) is 14.9. The lowest BCUT2D eigenvalue weighted by atomic mass is 10.1. The Morgan fingerprint density at radius 2 is 1.88 bits per heavy atom. The summed E-state index contributed by atoms with van der Waals surface area (Å²) in [5, 5.41) is 0. The minimum Gasteiger partial charge on any atom is -0.488 e. The predicted octanol–water partition coefficient (Wildman–Crippen LogP) is 4.30. The molecule has 0 aliphatic carbocycles. The van der Waals surface area contributed by atoms with E-state index in [1.807, 2.05) is 66.4 Å². The van der Waals surface area contributed by atoms with Crippen molar-refractivity contribution in [2.24, 2.45) is 0 Å². The van der Waals surface area contributed by atoms with Crippen LogP contribution in [0.25, 0.3) is 0 Å². The second kappa shape index (κ2) is 9.39. The van der Waals surface area contributed by atoms with E-state index in [2.05, 4.69) is 0 Å². The zero-order valence-electron chi connectivity index (χ0n) is 15.4. The number of hydrogen-bond acceptors (Lipinski definition) is 3. The summed E-state index contributed by atoms with van der Waals surface area (Å²) in [6.07, 6.45) is 3.46. The fourth-order valence-electron chi connectivity index (χ4n) is 3.23. The quantitative estimate of drug-likeness (QED) is 0.745. The first-order chi connectivity index (χ1) is 12.8. The third-order valence-corrected chi connectivity index (χ3v) is 4.72. The molecule has 2 aromatic rings. The van der Waals surface area contributed by atoms with Crippen LogP contribution in [0.3, 0.4) is 0 Å². The van der Waals surface area contributed by atoms with Crippen LogP contribution >= 0.6 is 0 Å². The minimum absolute atomic E-state index is 0.00494. The van der Waals surface area contributed by atoms with Crippen molar-refractivity contribution in [1.82, 2.24) is 4.90 Å². The van der Waals surface area contributed by atoms with E-state index >= 15 is 0 Å². The maximum atomic E-state index is 13.1. The van der Waals surface area contributed by atoms with E-state index in [9.17, 15) is 4.79 Å². The Labute approximate surface area is 155 Å². The monoisotopic (exact) mass is 353 g/mol. The summed E-state index contributed by atoms with van der Waals surface area (Å²) in [5.41, 5.74) is 1.69. The Kier molecular flexibility index (Phi) is 6.67. The molecule has 0 saturated carbocycles. The smallest absolute Gasteiger partial charge is 0.257 e. The standard InChI is InChI=1S/C22H27NO3/c1-2-23(16-19-12-8-9-15-25-19)22(24)20-13-6-7-14-21(20)26-17-18-10-4-3-5-11-18/h3-7,10-11,13-14,19H,2,8-9,12,15-17H2,1H3. The predicted molar refractivity (Wildman–Crippen MR) is 102 cm³/mol. The van der Waals surface area contributed by atoms with E-state index in [1.54, 1.807) is 0 Å². The first kappa shape index (κ1) is 18.5. The molecule has 1 fully saturated rings. The van der Waals surface area contributed by atoms with Gasteiger partial charge in [-0.15, -0.1) is 0 Å². The molecule has 4 heteroatoms. The highest BCUT2D eigenvalue weighted by Gasteiger charge is 2.23. The molecule has 0 aromatic heterocycles. The molecular weight excluding hydrogens is 326 g/mol. The summed E-state index contributed by atoms with van der Waals surface area (Å²) in [7, 11) is 0. The van der Waals surface area contributed by atoms with Crippen molar-refractivity contribution < 1.29 is 14.3 Å². The molecule has 1 saturated heterocycles. The van der Waals surface area contributed by atoms with Crippen molar-refractivity contribution in [3.63, 3.8) is 0 Å². The van der Waals surface area contributed by atoms with E-state index in [-0.39, 0.29) is 12.0 Å². The zero-order chi connectivity index (χ0) is 18.2. The van der Waals surface area contributed by atoms with Crippen LogP contribution in [0, 0.1) is 0 Å². The number of amides is 1. The van der Waals surface area contributed by atoms with Crippen LogP contribution in [0.4, 0.5) is 0 Å². The van der Waals surface area contributed by atoms with Crippen LogP contribution in [0.1, 0.15) is 42.1 Å². The lowest BCUT2D eigenvalue weighted by Crippen LogP contribution is -2.39. The minimum atomic E-state index is 0.00494. The van der Waals surface area contributed by atoms with E-state index in [0.717, 1.165) is 25.0 Å². The van der Waals surface area contributed by atoms with Gasteiger partial charge in [-0.1, -0.05) is 42.5 Å². The third-order valence-electron chi connectivity index (χ3n) is 4.72. The van der Waals surface area contributed by atoms with Crippen LogP contribution in [0.15, 0.2) is 54.6 Å². The Balaban J connectivity index is 1.69. The Hall–Kier alpha value is -2.33. The van der Waals surface area contributed by atoms with Gasteiger partial charge in [0.1, 0.15) is 12.4 Å². The third kappa shape index (κ3) is 4.85. The van der Waals surface area contributed by atoms with Gasteiger partial charge in [-0.05, 0) is 43.9 Å². The summed E-state index contributed by atoms with van der Waals surface area (Å²) in [6.45, 7) is 4.55. The van der Waals surface area contributed by atoms with Gasteiger partial charge in [-0.25, -0.2) is 0 Å². The van der Waals surface area contributed by atoms with Crippen LogP contribution in [0.5, 0.6) is 5.75 Å². The molecule has 1 unspecified atom stereocenters. The molecule has 0 radical (unpaired) electrons. The number of carbonyl (C=O) groups is 1. The lowest BCUT2D eigenvalue weighted by molar-refractivity contribution is -0.00319. The molecule has 2 aromatic carbocycles. The number of ether oxygens (including phenoxy) is 2. The van der Waals surface area contributed by atoms with Crippen molar-refractivity contribution in [1.29, 1.82) is 0 Å². The van der Waals surface area contributed by atoms with Crippen molar-refractivity contribution in [3.8, 4) is 5.75 Å². The second-order valence-electron chi connectivity index (χ2n) is 6.60. The van der Waals surface area contributed by atoms with Gasteiger partial charge in [0.05, 0.1) is 11.7 Å². The number of benzene rings is 2. The first-order valence-corrected chi connectivity index (χ1v) is 9.44. The normalized spacial score (nSPS) is 16.9. The van der Waals surface area contributed by atoms with Crippen molar-refractivity contribution in [3.05, 3.63) is 65.7 Å². The van der Waals surface area contributed by atoms with Gasteiger partial charge in [0, 0.05) is 19.7 Å². The second-order valence-corrected chi connectivity index (χ2v) is 6.60. The van der Waals surface area contributed by atoms with Crippen molar-refractivity contribution in [2.45, 2.75) is 38.9 Å². The van der Waals surface area contributed by atoms with Gasteiger partial charge >= 0.3 is 0 Å². The van der Waals surface area contributed by atoms with Gasteiger partial charge in [-0.3, -0.25) is 4.79 Å². The van der Waals surface area contributed by atoms with Gasteiger partial charge < -0.3 is 14.4 Å². The molecule has 3 rings (SSSR count). The molecule has 1 atom stereocenters. The molecule has 1 amide bonds. The number of rotatable bonds is 7. The molecule has 138 valence electrons. The molecule has 1 aliphatic rings. The number of likely N-dealkylation sites (N-methyl/N-ethyl adjacent to an activating group) is 1. The largest absolute Gasteiger partial charge is 0.488 e. The molecule has 1 aliphatic heterocycles. The van der Waals surface area contributed by atoms with Gasteiger partial charge in [0.25, 0.3) is 5.91 Å². The van der Waals surface area contributed by atoms with Crippen LogP contribution in [-0.2, 0) is 11.3 Å². The van der Waals surface area contributed by atoms with Crippen molar-refractivity contribution >= 4 is 5.91 Å². The fraction of sp³-hybridized carbons (Fsp3) is 0.409. The van der Waals surface area contributed by atoms with Crippen LogP contribution < -0.4 is 4.74 Å². The van der Waals surface area contributed by atoms with Gasteiger partial charge in [0.2, 0.25) is 0 Å². The van der Waals surface area contributed by atoms with E-state index in [4.69, 9.17) is 9.47 Å². The van der Waals surface area contributed by atoms with Gasteiger partial charge in [-0.2, -0.15) is 0 Å². The average Bonchev–Trinajstić information content (AvgIpc) is 2.72. The van der Waals surface area contributed by atoms with Crippen LogP contribution in [0.2, 0.25) is 0 Å². The molecule has 4 nitrogen and oxygen atoms in total. The fourth-order valence-corrected chi connectivity index (χ4v) is 3.23. The summed E-state index contributed by atoms with van der Waals surface area (Å²) < 4.78 is 11.8. The first-order valence-electron chi connectivity index (χ1n) is 9.44. The Bertz CT molecular complexity index is 696. The number of hydrogen-bond donors (Lipinski definition) is 0. The van der Waals surface area contributed by atoms with E-state index in [0.29, 0.717) is 31.0 Å². The molecule has 0 bridgehead atoms. The maximum Gasteiger partial charge on any atom is 0.257 e. The highest BCUT2D eigenvalue weighted by Crippen LogP contribution is 2.22. The van der Waals surface area contributed by atoms with Crippen molar-refractivity contribution in [2.75, 3.05) is 19.7 Å². The average molecular weight is 353 g/mol. The summed E-state index contributed by atoms with van der Waals surface area (Å²) in [5.74, 6) is 0.634. The van der Waals surface area contributed by atoms with Crippen LogP contribution in [-0.4, -0.2) is 36.6 Å². The zero-order valence-corrected chi connectivity index (χ0v) is 15.4. The molecular formula is C22H27NO3. The van der Waals surface area contributed by atoms with Gasteiger partial charge in [0.15, 0.2) is 0 Å². The highest BCUT2D eigenvalue weighted by molar-refractivity contribution is 5.97. The number of nitrogens with zero attached hydrogens (tertiary/aromatic N) is 1. The Morgan fingerprint density at radius 3 is 2.62 bits per heavy atom. The molecule has 0 spiro atoms. The summed E-state index contributed by atoms with van der Waals surface area (Å²) >= 11 is 0. The summed E-state index contributed by atoms with van der Waals surface area (Å²) in [6, 6.07) is 17.5. The highest BCUT2D eigenvalue weighted by atomic mass is 16.5. The number of para-hydroxylation sites is 1. The lowest BCUT2D eigenvalue weighted by Gasteiger charge is -2.29. The molecule has 0 N–H and O–H groups in total. The van der Waals surface area contributed by atoms with E-state index in [1.165, 1.54) is 6.42 Å². The molecule has 1 heterocycles. The van der Waals surface area contributed by atoms with E-state index < -0.39 is 0 Å². The SMILES string of the molecule is CCN(CC1CCCCO1)C(=O)c1ccccc1OCc1ccccc1. The topological polar surface area (TPSA) is 38.8 Å². The number of carbonyl (C=O) groups excluding carboxylic acids is 1.